The molecule has 2 rings (SSSR count). The van der Waals surface area contributed by atoms with Gasteiger partial charge >= 0.3 is 5.97 Å². The third-order valence-corrected chi connectivity index (χ3v) is 3.82. The number of rotatable bonds is 5. The average molecular weight is 283 g/mol. The molecule has 1 heterocycles. The highest BCUT2D eigenvalue weighted by molar-refractivity contribution is 5.83. The lowest BCUT2D eigenvalue weighted by Crippen LogP contribution is -2.54. The second kappa shape index (κ2) is 6.21. The maximum Gasteiger partial charge on any atom is 0.303 e. The Morgan fingerprint density at radius 2 is 1.65 bits per heavy atom. The van der Waals surface area contributed by atoms with Gasteiger partial charge in [-0.05, 0) is 19.3 Å². The predicted octanol–water partition coefficient (Wildman–Crippen LogP) is -0.741. The molecule has 1 aliphatic carbocycles. The van der Waals surface area contributed by atoms with Crippen LogP contribution in [0.1, 0.15) is 25.7 Å². The average Bonchev–Trinajstić information content (AvgIpc) is 3.28. The molecule has 1 saturated heterocycles. The normalized spacial score (nSPS) is 20.6. The number of nitrogens with zero attached hydrogens (tertiary/aromatic N) is 2. The highest BCUT2D eigenvalue weighted by Crippen LogP contribution is 2.31. The quantitative estimate of drug-likeness (QED) is 0.691. The van der Waals surface area contributed by atoms with Gasteiger partial charge in [-0.3, -0.25) is 14.4 Å². The Morgan fingerprint density at radius 3 is 2.15 bits per heavy atom. The molecule has 112 valence electrons. The van der Waals surface area contributed by atoms with E-state index in [9.17, 15) is 14.4 Å². The highest BCUT2D eigenvalue weighted by Gasteiger charge is 2.35. The van der Waals surface area contributed by atoms with Crippen molar-refractivity contribution in [2.24, 2.45) is 11.7 Å². The number of carbonyl (C=O) groups excluding carboxylic acids is 2. The highest BCUT2D eigenvalue weighted by atomic mass is 16.4. The number of hydrogen-bond acceptors (Lipinski definition) is 4. The summed E-state index contributed by atoms with van der Waals surface area (Å²) in [7, 11) is 0. The van der Waals surface area contributed by atoms with Crippen molar-refractivity contribution in [3.05, 3.63) is 0 Å². The molecule has 0 aromatic heterocycles. The molecule has 7 heteroatoms. The molecule has 1 saturated carbocycles. The summed E-state index contributed by atoms with van der Waals surface area (Å²) in [5.41, 5.74) is 5.71. The molecule has 3 N–H and O–H groups in total. The van der Waals surface area contributed by atoms with Crippen molar-refractivity contribution in [1.82, 2.24) is 9.80 Å². The lowest BCUT2D eigenvalue weighted by Gasteiger charge is -2.36. The van der Waals surface area contributed by atoms with Crippen molar-refractivity contribution >= 4 is 17.8 Å². The fourth-order valence-electron chi connectivity index (χ4n) is 2.37. The van der Waals surface area contributed by atoms with Gasteiger partial charge in [0.1, 0.15) is 0 Å². The van der Waals surface area contributed by atoms with E-state index in [-0.39, 0.29) is 30.6 Å². The summed E-state index contributed by atoms with van der Waals surface area (Å²) >= 11 is 0. The first kappa shape index (κ1) is 14.8. The minimum absolute atomic E-state index is 0.104. The van der Waals surface area contributed by atoms with Crippen molar-refractivity contribution in [1.29, 1.82) is 0 Å². The van der Waals surface area contributed by atoms with Crippen LogP contribution in [0.25, 0.3) is 0 Å². The monoisotopic (exact) mass is 283 g/mol. The van der Waals surface area contributed by atoms with Gasteiger partial charge in [-0.15, -0.1) is 0 Å². The molecule has 2 fully saturated rings. The second-order valence-electron chi connectivity index (χ2n) is 5.46. The molecule has 1 atom stereocenters. The Bertz CT molecular complexity index is 400. The molecule has 2 amide bonds. The summed E-state index contributed by atoms with van der Waals surface area (Å²) in [6, 6.07) is -0.767. The Kier molecular flexibility index (Phi) is 4.59. The summed E-state index contributed by atoms with van der Waals surface area (Å²) < 4.78 is 0. The van der Waals surface area contributed by atoms with Gasteiger partial charge in [-0.2, -0.15) is 0 Å². The number of carboxylic acid groups (broad SMARTS) is 1. The van der Waals surface area contributed by atoms with E-state index in [1.54, 1.807) is 4.90 Å². The van der Waals surface area contributed by atoms with Crippen LogP contribution in [0.3, 0.4) is 0 Å². The number of carbonyl (C=O) groups is 3. The molecule has 0 bridgehead atoms. The minimum Gasteiger partial charge on any atom is -0.481 e. The topological polar surface area (TPSA) is 104 Å². The van der Waals surface area contributed by atoms with E-state index in [1.165, 1.54) is 0 Å². The Morgan fingerprint density at radius 1 is 1.10 bits per heavy atom. The summed E-state index contributed by atoms with van der Waals surface area (Å²) in [5.74, 6) is -0.764. The van der Waals surface area contributed by atoms with Gasteiger partial charge in [0.25, 0.3) is 0 Å². The molecule has 2 aliphatic rings. The van der Waals surface area contributed by atoms with Crippen LogP contribution in [-0.2, 0) is 14.4 Å². The molecule has 0 aromatic carbocycles. The fourth-order valence-corrected chi connectivity index (χ4v) is 2.37. The van der Waals surface area contributed by atoms with Gasteiger partial charge < -0.3 is 20.6 Å². The zero-order valence-electron chi connectivity index (χ0n) is 11.5. The molecular weight excluding hydrogens is 262 g/mol. The maximum absolute atomic E-state index is 12.0. The number of amides is 2. The smallest absolute Gasteiger partial charge is 0.303 e. The van der Waals surface area contributed by atoms with Gasteiger partial charge in [-0.1, -0.05) is 0 Å². The molecule has 7 nitrogen and oxygen atoms in total. The zero-order chi connectivity index (χ0) is 14.7. The van der Waals surface area contributed by atoms with Crippen molar-refractivity contribution in [3.8, 4) is 0 Å². The van der Waals surface area contributed by atoms with Gasteiger partial charge in [0.2, 0.25) is 11.8 Å². The number of piperazine rings is 1. The van der Waals surface area contributed by atoms with E-state index in [2.05, 4.69) is 0 Å². The van der Waals surface area contributed by atoms with E-state index in [1.807, 2.05) is 4.90 Å². The van der Waals surface area contributed by atoms with Crippen LogP contribution in [0.15, 0.2) is 0 Å². The first-order chi connectivity index (χ1) is 9.49. The third-order valence-electron chi connectivity index (χ3n) is 3.82. The van der Waals surface area contributed by atoms with E-state index in [0.29, 0.717) is 26.2 Å². The Balaban J connectivity index is 1.76. The number of aliphatic carboxylic acids is 1. The van der Waals surface area contributed by atoms with Crippen molar-refractivity contribution in [3.63, 3.8) is 0 Å². The van der Waals surface area contributed by atoms with Crippen LogP contribution >= 0.6 is 0 Å². The van der Waals surface area contributed by atoms with Gasteiger partial charge in [0.05, 0.1) is 6.04 Å². The number of carboxylic acids is 1. The van der Waals surface area contributed by atoms with Gasteiger partial charge in [-0.25, -0.2) is 0 Å². The Labute approximate surface area is 117 Å². The van der Waals surface area contributed by atoms with Gasteiger partial charge in [0, 0.05) is 38.5 Å². The molecular formula is C13H21N3O4. The van der Waals surface area contributed by atoms with E-state index in [0.717, 1.165) is 12.8 Å². The SMILES string of the molecule is NC(CCC(=O)O)C(=O)N1CCN(C(=O)C2CC2)CC1. The van der Waals surface area contributed by atoms with Crippen LogP contribution < -0.4 is 5.73 Å². The van der Waals surface area contributed by atoms with Gasteiger partial charge in [0.15, 0.2) is 0 Å². The zero-order valence-corrected chi connectivity index (χ0v) is 11.5. The summed E-state index contributed by atoms with van der Waals surface area (Å²) in [5, 5.41) is 8.58. The first-order valence-electron chi connectivity index (χ1n) is 7.04. The summed E-state index contributed by atoms with van der Waals surface area (Å²) in [6.45, 7) is 2.07. The first-order valence-corrected chi connectivity index (χ1v) is 7.04. The van der Waals surface area contributed by atoms with Crippen LogP contribution in [0.2, 0.25) is 0 Å². The maximum atomic E-state index is 12.0. The molecule has 20 heavy (non-hydrogen) atoms. The second-order valence-corrected chi connectivity index (χ2v) is 5.46. The lowest BCUT2D eigenvalue weighted by atomic mass is 10.1. The summed E-state index contributed by atoms with van der Waals surface area (Å²) in [4.78, 5) is 37.8. The minimum atomic E-state index is -0.951. The van der Waals surface area contributed by atoms with Crippen molar-refractivity contribution < 1.29 is 19.5 Å². The third kappa shape index (κ3) is 3.69. The molecule has 1 unspecified atom stereocenters. The number of hydrogen-bond donors (Lipinski definition) is 2. The van der Waals surface area contributed by atoms with Crippen molar-refractivity contribution in [2.75, 3.05) is 26.2 Å². The summed E-state index contributed by atoms with van der Waals surface area (Å²) in [6.07, 6.45) is 2.01. The van der Waals surface area contributed by atoms with Crippen LogP contribution in [-0.4, -0.2) is 64.9 Å². The van der Waals surface area contributed by atoms with E-state index in [4.69, 9.17) is 10.8 Å². The molecule has 0 aromatic rings. The van der Waals surface area contributed by atoms with E-state index < -0.39 is 12.0 Å². The predicted molar refractivity (Wildman–Crippen MR) is 70.7 cm³/mol. The molecule has 1 aliphatic heterocycles. The molecule has 0 spiro atoms. The van der Waals surface area contributed by atoms with Crippen LogP contribution in [0.5, 0.6) is 0 Å². The fraction of sp³-hybridized carbons (Fsp3) is 0.769. The molecule has 0 radical (unpaired) electrons. The Hall–Kier alpha value is -1.63. The van der Waals surface area contributed by atoms with E-state index >= 15 is 0 Å². The van der Waals surface area contributed by atoms with Crippen molar-refractivity contribution in [2.45, 2.75) is 31.7 Å². The van der Waals surface area contributed by atoms with Crippen LogP contribution in [0, 0.1) is 5.92 Å². The lowest BCUT2D eigenvalue weighted by molar-refractivity contribution is -0.141. The number of nitrogens with two attached hydrogens (primary N) is 1. The largest absolute Gasteiger partial charge is 0.481 e. The van der Waals surface area contributed by atoms with Crippen LogP contribution in [0.4, 0.5) is 0 Å². The standard InChI is InChI=1S/C13H21N3O4/c14-10(3-4-11(17)18)13(20)16-7-5-15(6-8-16)12(19)9-1-2-9/h9-10H,1-8,14H2,(H,17,18).